The summed E-state index contributed by atoms with van der Waals surface area (Å²) in [4.78, 5) is 18.4. The first-order valence-corrected chi connectivity index (χ1v) is 9.67. The zero-order valence-electron chi connectivity index (χ0n) is 14.7. The van der Waals surface area contributed by atoms with Gasteiger partial charge in [-0.1, -0.05) is 0 Å². The lowest BCUT2D eigenvalue weighted by Gasteiger charge is -2.42. The van der Waals surface area contributed by atoms with Gasteiger partial charge in [0.2, 0.25) is 15.9 Å². The third kappa shape index (κ3) is 3.12. The van der Waals surface area contributed by atoms with E-state index in [1.807, 2.05) is 0 Å². The van der Waals surface area contributed by atoms with Crippen LogP contribution in [0.2, 0.25) is 0 Å². The van der Waals surface area contributed by atoms with E-state index in [1.54, 1.807) is 37.4 Å². The Kier molecular flexibility index (Phi) is 4.85. The molecule has 1 aromatic carbocycles. The van der Waals surface area contributed by atoms with Gasteiger partial charge in [0.25, 0.3) is 0 Å². The number of carbonyl (C=O) groups excluding carboxylic acids is 1. The number of amides is 1. The second-order valence-electron chi connectivity index (χ2n) is 6.56. The van der Waals surface area contributed by atoms with Gasteiger partial charge in [-0.05, 0) is 37.1 Å². The molecule has 1 saturated heterocycles. The van der Waals surface area contributed by atoms with Gasteiger partial charge < -0.3 is 9.47 Å². The molecule has 0 saturated carbocycles. The first-order valence-electron chi connectivity index (χ1n) is 8.23. The number of hydrogen-bond donors (Lipinski definition) is 0. The van der Waals surface area contributed by atoms with Gasteiger partial charge in [0.1, 0.15) is 11.4 Å². The summed E-state index contributed by atoms with van der Waals surface area (Å²) in [5, 5.41) is 0. The van der Waals surface area contributed by atoms with E-state index in [4.69, 9.17) is 0 Å². The molecule has 1 aliphatic heterocycles. The van der Waals surface area contributed by atoms with Crippen LogP contribution in [0.25, 0.3) is 0 Å². The maximum atomic E-state index is 13.1. The Bertz CT molecular complexity index is 871. The van der Waals surface area contributed by atoms with Crippen molar-refractivity contribution in [1.82, 2.24) is 18.8 Å². The molecule has 3 rings (SSSR count). The molecule has 26 heavy (non-hydrogen) atoms. The van der Waals surface area contributed by atoms with Crippen LogP contribution < -0.4 is 0 Å². The van der Waals surface area contributed by atoms with Gasteiger partial charge in [-0.15, -0.1) is 0 Å². The van der Waals surface area contributed by atoms with Crippen molar-refractivity contribution in [3.63, 3.8) is 0 Å². The standard InChI is InChI=1S/C17H21FN4O3S/c1-20(2)16(23)17(21-12-9-19-13-21)7-10-22(11-8-17)26(24,25)15-5-3-14(18)4-6-15/h3-6,9,12-13H,7-8,10-11H2,1-2H3. The van der Waals surface area contributed by atoms with Crippen LogP contribution in [-0.2, 0) is 20.4 Å². The lowest BCUT2D eigenvalue weighted by Crippen LogP contribution is -2.55. The molecular weight excluding hydrogens is 359 g/mol. The zero-order valence-corrected chi connectivity index (χ0v) is 15.5. The number of imidazole rings is 1. The molecule has 0 bridgehead atoms. The van der Waals surface area contributed by atoms with E-state index >= 15 is 0 Å². The third-order valence-corrected chi connectivity index (χ3v) is 6.72. The number of nitrogens with zero attached hydrogens (tertiary/aromatic N) is 4. The highest BCUT2D eigenvalue weighted by molar-refractivity contribution is 7.89. The fraction of sp³-hybridized carbons (Fsp3) is 0.412. The minimum atomic E-state index is -3.73. The molecule has 1 fully saturated rings. The fourth-order valence-corrected chi connectivity index (χ4v) is 4.80. The molecule has 9 heteroatoms. The van der Waals surface area contributed by atoms with Crippen molar-refractivity contribution in [1.29, 1.82) is 0 Å². The maximum Gasteiger partial charge on any atom is 0.248 e. The third-order valence-electron chi connectivity index (χ3n) is 4.80. The molecule has 1 aromatic heterocycles. The van der Waals surface area contributed by atoms with Gasteiger partial charge in [0.05, 0.1) is 11.2 Å². The molecule has 1 amide bonds. The highest BCUT2D eigenvalue weighted by Gasteiger charge is 2.45. The topological polar surface area (TPSA) is 75.5 Å². The van der Waals surface area contributed by atoms with Crippen LogP contribution in [0.4, 0.5) is 4.39 Å². The first kappa shape index (κ1) is 18.5. The second-order valence-corrected chi connectivity index (χ2v) is 8.50. The summed E-state index contributed by atoms with van der Waals surface area (Å²) in [6.45, 7) is 0.384. The molecule has 0 atom stereocenters. The number of sulfonamides is 1. The highest BCUT2D eigenvalue weighted by Crippen LogP contribution is 2.34. The van der Waals surface area contributed by atoms with Gasteiger partial charge in [0.15, 0.2) is 0 Å². The number of aromatic nitrogens is 2. The van der Waals surface area contributed by atoms with Crippen molar-refractivity contribution in [2.24, 2.45) is 0 Å². The minimum absolute atomic E-state index is 0.0490. The smallest absolute Gasteiger partial charge is 0.248 e. The molecule has 2 aromatic rings. The molecule has 0 N–H and O–H groups in total. The van der Waals surface area contributed by atoms with E-state index in [0.717, 1.165) is 12.1 Å². The number of carbonyl (C=O) groups is 1. The number of piperidine rings is 1. The van der Waals surface area contributed by atoms with Crippen LogP contribution in [0.3, 0.4) is 0 Å². The summed E-state index contributed by atoms with van der Waals surface area (Å²) in [5.41, 5.74) is -0.852. The Morgan fingerprint density at radius 2 is 1.81 bits per heavy atom. The summed E-state index contributed by atoms with van der Waals surface area (Å²) >= 11 is 0. The highest BCUT2D eigenvalue weighted by atomic mass is 32.2. The lowest BCUT2D eigenvalue weighted by atomic mass is 9.86. The molecule has 0 unspecified atom stereocenters. The molecule has 0 radical (unpaired) electrons. The minimum Gasteiger partial charge on any atom is -0.347 e. The van der Waals surface area contributed by atoms with E-state index in [1.165, 1.54) is 21.3 Å². The average Bonchev–Trinajstić information content (AvgIpc) is 3.16. The van der Waals surface area contributed by atoms with E-state index in [2.05, 4.69) is 4.98 Å². The summed E-state index contributed by atoms with van der Waals surface area (Å²) in [6.07, 6.45) is 5.59. The normalized spacial score (nSPS) is 17.8. The van der Waals surface area contributed by atoms with Gasteiger partial charge in [-0.3, -0.25) is 4.79 Å². The van der Waals surface area contributed by atoms with E-state index in [-0.39, 0.29) is 23.9 Å². The number of benzene rings is 1. The summed E-state index contributed by atoms with van der Waals surface area (Å²) in [5.74, 6) is -0.576. The SMILES string of the molecule is CN(C)C(=O)C1(n2ccnc2)CCN(S(=O)(=O)c2ccc(F)cc2)CC1. The molecular formula is C17H21FN4O3S. The zero-order chi connectivity index (χ0) is 18.9. The Hall–Kier alpha value is -2.26. The van der Waals surface area contributed by atoms with Crippen LogP contribution in [0.5, 0.6) is 0 Å². The Labute approximate surface area is 152 Å². The number of rotatable bonds is 4. The van der Waals surface area contributed by atoms with Crippen molar-refractivity contribution in [3.05, 3.63) is 48.8 Å². The quantitative estimate of drug-likeness (QED) is 0.801. The maximum absolute atomic E-state index is 13.1. The molecule has 1 aliphatic rings. The van der Waals surface area contributed by atoms with Gasteiger partial charge >= 0.3 is 0 Å². The fourth-order valence-electron chi connectivity index (χ4n) is 3.36. The average molecular weight is 380 g/mol. The van der Waals surface area contributed by atoms with Crippen LogP contribution in [-0.4, -0.2) is 60.3 Å². The summed E-state index contributed by atoms with van der Waals surface area (Å²) < 4.78 is 41.8. The van der Waals surface area contributed by atoms with Gasteiger partial charge in [0, 0.05) is 39.6 Å². The van der Waals surface area contributed by atoms with Crippen molar-refractivity contribution >= 4 is 15.9 Å². The monoisotopic (exact) mass is 380 g/mol. The molecule has 2 heterocycles. The Morgan fingerprint density at radius 3 is 2.31 bits per heavy atom. The predicted octanol–water partition coefficient (Wildman–Crippen LogP) is 1.29. The summed E-state index contributed by atoms with van der Waals surface area (Å²) in [6, 6.07) is 4.77. The van der Waals surface area contributed by atoms with E-state index in [0.29, 0.717) is 12.8 Å². The number of likely N-dealkylation sites (N-methyl/N-ethyl adjacent to an activating group) is 1. The number of halogens is 1. The van der Waals surface area contributed by atoms with Crippen LogP contribution in [0, 0.1) is 5.82 Å². The Morgan fingerprint density at radius 1 is 1.19 bits per heavy atom. The van der Waals surface area contributed by atoms with Crippen molar-refractivity contribution in [3.8, 4) is 0 Å². The van der Waals surface area contributed by atoms with Gasteiger partial charge in [-0.25, -0.2) is 17.8 Å². The van der Waals surface area contributed by atoms with Crippen molar-refractivity contribution in [2.75, 3.05) is 27.2 Å². The van der Waals surface area contributed by atoms with Crippen molar-refractivity contribution < 1.29 is 17.6 Å². The molecule has 7 nitrogen and oxygen atoms in total. The predicted molar refractivity (Wildman–Crippen MR) is 93.3 cm³/mol. The number of hydrogen-bond acceptors (Lipinski definition) is 4. The summed E-state index contributed by atoms with van der Waals surface area (Å²) in [7, 11) is -0.361. The first-order chi connectivity index (χ1) is 12.3. The van der Waals surface area contributed by atoms with E-state index < -0.39 is 21.4 Å². The molecule has 0 spiro atoms. The van der Waals surface area contributed by atoms with Crippen molar-refractivity contribution in [2.45, 2.75) is 23.3 Å². The van der Waals surface area contributed by atoms with E-state index in [9.17, 15) is 17.6 Å². The van der Waals surface area contributed by atoms with Crippen LogP contribution in [0.1, 0.15) is 12.8 Å². The lowest BCUT2D eigenvalue weighted by molar-refractivity contribution is -0.140. The molecule has 0 aliphatic carbocycles. The van der Waals surface area contributed by atoms with Gasteiger partial charge in [-0.2, -0.15) is 4.31 Å². The van der Waals surface area contributed by atoms with Crippen LogP contribution >= 0.6 is 0 Å². The largest absolute Gasteiger partial charge is 0.347 e. The van der Waals surface area contributed by atoms with Crippen LogP contribution in [0.15, 0.2) is 47.9 Å². The Balaban J connectivity index is 1.86. The second kappa shape index (κ2) is 6.81. The molecule has 140 valence electrons.